The van der Waals surface area contributed by atoms with Gasteiger partial charge in [-0.3, -0.25) is 13.9 Å². The van der Waals surface area contributed by atoms with Crippen molar-refractivity contribution in [1.29, 1.82) is 0 Å². The van der Waals surface area contributed by atoms with Crippen molar-refractivity contribution in [3.05, 3.63) is 59.2 Å². The molecule has 26 heavy (non-hydrogen) atoms. The minimum Gasteiger partial charge on any atom is -0.366 e. The van der Waals surface area contributed by atoms with Gasteiger partial charge in [0.05, 0.1) is 11.9 Å². The van der Waals surface area contributed by atoms with E-state index in [0.29, 0.717) is 16.9 Å². The number of nitrogens with one attached hydrogen (secondary N) is 1. The van der Waals surface area contributed by atoms with Crippen molar-refractivity contribution in [3.63, 3.8) is 0 Å². The smallest absolute Gasteiger partial charge is 0.248 e. The minimum absolute atomic E-state index is 0.316. The Morgan fingerprint density at radius 2 is 1.69 bits per heavy atom. The number of sulfonamides is 1. The van der Waals surface area contributed by atoms with E-state index in [1.807, 2.05) is 19.1 Å². The van der Waals surface area contributed by atoms with Crippen molar-refractivity contribution in [2.24, 2.45) is 5.73 Å². The highest BCUT2D eigenvalue weighted by Gasteiger charge is 2.22. The lowest BCUT2D eigenvalue weighted by molar-refractivity contribution is -0.114. The zero-order valence-electron chi connectivity index (χ0n) is 14.8. The number of anilines is 2. The molecular weight excluding hydrogens is 354 g/mol. The Morgan fingerprint density at radius 1 is 1.08 bits per heavy atom. The van der Waals surface area contributed by atoms with Crippen molar-refractivity contribution in [2.45, 2.75) is 13.8 Å². The van der Waals surface area contributed by atoms with Gasteiger partial charge in [0.15, 0.2) is 0 Å². The largest absolute Gasteiger partial charge is 0.366 e. The van der Waals surface area contributed by atoms with Crippen molar-refractivity contribution in [1.82, 2.24) is 0 Å². The van der Waals surface area contributed by atoms with E-state index in [1.165, 1.54) is 24.3 Å². The SMILES string of the molecule is Cc1ccc(C)c(N(CC(=O)Nc2ccc(C(N)=O)cc2)S(C)(=O)=O)c1. The van der Waals surface area contributed by atoms with Crippen LogP contribution >= 0.6 is 0 Å². The monoisotopic (exact) mass is 375 g/mol. The molecular formula is C18H21N3O4S. The maximum absolute atomic E-state index is 12.3. The summed E-state index contributed by atoms with van der Waals surface area (Å²) in [5, 5.41) is 2.62. The summed E-state index contributed by atoms with van der Waals surface area (Å²) in [6.07, 6.45) is 1.06. The summed E-state index contributed by atoms with van der Waals surface area (Å²) in [5.41, 5.74) is 8.03. The molecule has 2 aromatic carbocycles. The van der Waals surface area contributed by atoms with Crippen LogP contribution in [-0.2, 0) is 14.8 Å². The molecule has 0 saturated carbocycles. The Balaban J connectivity index is 2.22. The third-order valence-corrected chi connectivity index (χ3v) is 4.90. The lowest BCUT2D eigenvalue weighted by Crippen LogP contribution is -2.37. The van der Waals surface area contributed by atoms with Gasteiger partial charge in [-0.2, -0.15) is 0 Å². The molecule has 0 aliphatic rings. The molecule has 138 valence electrons. The van der Waals surface area contributed by atoms with E-state index in [0.717, 1.165) is 21.7 Å². The number of carbonyl (C=O) groups excluding carboxylic acids is 2. The average Bonchev–Trinajstić information content (AvgIpc) is 2.54. The minimum atomic E-state index is -3.65. The Bertz CT molecular complexity index is 937. The van der Waals surface area contributed by atoms with Gasteiger partial charge < -0.3 is 11.1 Å². The number of carbonyl (C=O) groups is 2. The first kappa shape index (κ1) is 19.5. The van der Waals surface area contributed by atoms with E-state index >= 15 is 0 Å². The first-order valence-corrected chi connectivity index (χ1v) is 9.67. The molecule has 7 nitrogen and oxygen atoms in total. The molecule has 0 atom stereocenters. The number of nitrogens with two attached hydrogens (primary N) is 1. The second-order valence-corrected chi connectivity index (χ2v) is 7.96. The molecule has 0 heterocycles. The van der Waals surface area contributed by atoms with Crippen LogP contribution in [0.1, 0.15) is 21.5 Å². The molecule has 0 aromatic heterocycles. The summed E-state index contributed by atoms with van der Waals surface area (Å²) in [5.74, 6) is -1.07. The molecule has 0 aliphatic carbocycles. The van der Waals surface area contributed by atoms with Crippen molar-refractivity contribution < 1.29 is 18.0 Å². The number of hydrogen-bond donors (Lipinski definition) is 2. The van der Waals surface area contributed by atoms with E-state index < -0.39 is 21.8 Å². The van der Waals surface area contributed by atoms with Crippen LogP contribution in [0, 0.1) is 13.8 Å². The molecule has 0 unspecified atom stereocenters. The highest BCUT2D eigenvalue weighted by atomic mass is 32.2. The summed E-state index contributed by atoms with van der Waals surface area (Å²) in [4.78, 5) is 23.4. The normalized spacial score (nSPS) is 11.0. The molecule has 0 saturated heterocycles. The Hall–Kier alpha value is -2.87. The molecule has 2 aromatic rings. The topological polar surface area (TPSA) is 110 Å². The summed E-state index contributed by atoms with van der Waals surface area (Å²) >= 11 is 0. The molecule has 8 heteroatoms. The van der Waals surface area contributed by atoms with Crippen molar-refractivity contribution >= 4 is 33.2 Å². The summed E-state index contributed by atoms with van der Waals surface area (Å²) in [7, 11) is -3.65. The third-order valence-electron chi connectivity index (χ3n) is 3.77. The van der Waals surface area contributed by atoms with E-state index in [-0.39, 0.29) is 6.54 Å². The number of nitrogens with zero attached hydrogens (tertiary/aromatic N) is 1. The van der Waals surface area contributed by atoms with Crippen LogP contribution in [0.25, 0.3) is 0 Å². The first-order chi connectivity index (χ1) is 12.1. The van der Waals surface area contributed by atoms with E-state index in [1.54, 1.807) is 13.0 Å². The lowest BCUT2D eigenvalue weighted by Gasteiger charge is -2.24. The van der Waals surface area contributed by atoms with Gasteiger partial charge in [0.25, 0.3) is 0 Å². The van der Waals surface area contributed by atoms with E-state index in [4.69, 9.17) is 5.73 Å². The van der Waals surface area contributed by atoms with Gasteiger partial charge in [-0.1, -0.05) is 12.1 Å². The van der Waals surface area contributed by atoms with Crippen LogP contribution in [0.15, 0.2) is 42.5 Å². The fourth-order valence-electron chi connectivity index (χ4n) is 2.42. The summed E-state index contributed by atoms with van der Waals surface area (Å²) < 4.78 is 25.5. The number of aryl methyl sites for hydroxylation is 2. The fourth-order valence-corrected chi connectivity index (χ4v) is 3.32. The van der Waals surface area contributed by atoms with Gasteiger partial charge >= 0.3 is 0 Å². The fraction of sp³-hybridized carbons (Fsp3) is 0.222. The number of benzene rings is 2. The highest BCUT2D eigenvalue weighted by Crippen LogP contribution is 2.24. The zero-order chi connectivity index (χ0) is 19.5. The van der Waals surface area contributed by atoms with E-state index in [9.17, 15) is 18.0 Å². The van der Waals surface area contributed by atoms with Crippen molar-refractivity contribution in [2.75, 3.05) is 22.4 Å². The highest BCUT2D eigenvalue weighted by molar-refractivity contribution is 7.92. The van der Waals surface area contributed by atoms with Crippen LogP contribution in [-0.4, -0.2) is 33.0 Å². The van der Waals surface area contributed by atoms with Crippen LogP contribution in [0.4, 0.5) is 11.4 Å². The summed E-state index contributed by atoms with van der Waals surface area (Å²) in [6.45, 7) is 3.28. The molecule has 0 spiro atoms. The molecule has 2 amide bonds. The van der Waals surface area contributed by atoms with Crippen LogP contribution < -0.4 is 15.4 Å². The average molecular weight is 375 g/mol. The Kier molecular flexibility index (Phi) is 5.66. The predicted molar refractivity (Wildman–Crippen MR) is 102 cm³/mol. The lowest BCUT2D eigenvalue weighted by atomic mass is 10.1. The maximum Gasteiger partial charge on any atom is 0.248 e. The number of rotatable bonds is 6. The van der Waals surface area contributed by atoms with Gasteiger partial charge in [-0.05, 0) is 55.3 Å². The van der Waals surface area contributed by atoms with Gasteiger partial charge in [0.2, 0.25) is 21.8 Å². The first-order valence-electron chi connectivity index (χ1n) is 7.82. The number of primary amides is 1. The Labute approximate surface area is 152 Å². The van der Waals surface area contributed by atoms with Gasteiger partial charge in [0, 0.05) is 11.3 Å². The molecule has 0 fully saturated rings. The molecule has 3 N–H and O–H groups in total. The van der Waals surface area contributed by atoms with E-state index in [2.05, 4.69) is 5.32 Å². The van der Waals surface area contributed by atoms with Gasteiger partial charge in [-0.25, -0.2) is 8.42 Å². The second-order valence-electron chi connectivity index (χ2n) is 6.05. The van der Waals surface area contributed by atoms with Crippen LogP contribution in [0.2, 0.25) is 0 Å². The molecule has 0 aliphatic heterocycles. The van der Waals surface area contributed by atoms with Crippen molar-refractivity contribution in [3.8, 4) is 0 Å². The summed E-state index contributed by atoms with van der Waals surface area (Å²) in [6, 6.07) is 11.4. The predicted octanol–water partition coefficient (Wildman–Crippen LogP) is 1.81. The second kappa shape index (κ2) is 7.57. The molecule has 0 radical (unpaired) electrons. The Morgan fingerprint density at radius 3 is 2.23 bits per heavy atom. The zero-order valence-corrected chi connectivity index (χ0v) is 15.6. The van der Waals surface area contributed by atoms with Gasteiger partial charge in [-0.15, -0.1) is 0 Å². The maximum atomic E-state index is 12.3. The molecule has 2 rings (SSSR count). The number of hydrogen-bond acceptors (Lipinski definition) is 4. The van der Waals surface area contributed by atoms with Crippen LogP contribution in [0.3, 0.4) is 0 Å². The standard InChI is InChI=1S/C18H21N3O4S/c1-12-4-5-13(2)16(10-12)21(26(3,24)25)11-17(22)20-15-8-6-14(7-9-15)18(19)23/h4-10H,11H2,1-3H3,(H2,19,23)(H,20,22). The third kappa shape index (κ3) is 4.82. The number of amides is 2. The van der Waals surface area contributed by atoms with Gasteiger partial charge in [0.1, 0.15) is 6.54 Å². The molecule has 0 bridgehead atoms. The van der Waals surface area contributed by atoms with Crippen LogP contribution in [0.5, 0.6) is 0 Å². The quantitative estimate of drug-likeness (QED) is 0.802.